The van der Waals surface area contributed by atoms with E-state index >= 15 is 0 Å². The van der Waals surface area contributed by atoms with E-state index in [9.17, 15) is 13.2 Å². The van der Waals surface area contributed by atoms with E-state index in [4.69, 9.17) is 9.47 Å². The van der Waals surface area contributed by atoms with Crippen LogP contribution in [0.25, 0.3) is 5.65 Å². The molecule has 148 valence electrons. The van der Waals surface area contributed by atoms with Crippen molar-refractivity contribution in [3.8, 4) is 11.8 Å². The van der Waals surface area contributed by atoms with Gasteiger partial charge in [0.25, 0.3) is 5.82 Å². The van der Waals surface area contributed by atoms with Crippen LogP contribution in [0.5, 0.6) is 11.8 Å². The van der Waals surface area contributed by atoms with E-state index in [0.29, 0.717) is 29.2 Å². The zero-order chi connectivity index (χ0) is 19.7. The number of aromatic nitrogens is 6. The minimum atomic E-state index is -4.63. The van der Waals surface area contributed by atoms with Gasteiger partial charge in [-0.2, -0.15) is 27.7 Å². The number of hydrogen-bond donors (Lipinski definition) is 0. The van der Waals surface area contributed by atoms with Crippen molar-refractivity contribution >= 4 is 11.5 Å². The Morgan fingerprint density at radius 3 is 2.64 bits per heavy atom. The molecule has 1 aliphatic heterocycles. The molecule has 0 radical (unpaired) electrons. The number of halogens is 3. The summed E-state index contributed by atoms with van der Waals surface area (Å²) in [6.07, 6.45) is -0.289. The fraction of sp³-hybridized carbons (Fsp3) is 0.438. The maximum Gasteiger partial charge on any atom is 0.453 e. The van der Waals surface area contributed by atoms with E-state index in [1.54, 1.807) is 6.07 Å². The number of hydrogen-bond acceptors (Lipinski definition) is 8. The van der Waals surface area contributed by atoms with Crippen LogP contribution in [-0.4, -0.2) is 56.1 Å². The third kappa shape index (κ3) is 3.62. The highest BCUT2D eigenvalue weighted by atomic mass is 19.4. The molecule has 28 heavy (non-hydrogen) atoms. The first-order valence-corrected chi connectivity index (χ1v) is 8.51. The summed E-state index contributed by atoms with van der Waals surface area (Å²) in [5.74, 6) is -0.243. The number of methoxy groups -OCH3 is 1. The SMILES string of the molecule is COc1cnc(OC2CCCN(c3ccc4nnc(C(F)(F)F)n4n3)C2)nc1. The third-order valence-corrected chi connectivity index (χ3v) is 4.32. The topological polar surface area (TPSA) is 90.6 Å². The smallest absolute Gasteiger partial charge is 0.453 e. The highest BCUT2D eigenvalue weighted by Gasteiger charge is 2.38. The molecule has 0 saturated carbocycles. The van der Waals surface area contributed by atoms with Crippen LogP contribution in [0.1, 0.15) is 18.7 Å². The fourth-order valence-electron chi connectivity index (χ4n) is 2.99. The van der Waals surface area contributed by atoms with Gasteiger partial charge in [-0.1, -0.05) is 0 Å². The molecule has 0 N–H and O–H groups in total. The normalized spacial score (nSPS) is 17.7. The van der Waals surface area contributed by atoms with Crippen LogP contribution in [0, 0.1) is 0 Å². The van der Waals surface area contributed by atoms with E-state index in [1.165, 1.54) is 25.6 Å². The molecule has 4 heterocycles. The summed E-state index contributed by atoms with van der Waals surface area (Å²) in [6, 6.07) is 3.30. The molecule has 4 rings (SSSR count). The number of alkyl halides is 3. The molecule has 3 aromatic rings. The zero-order valence-electron chi connectivity index (χ0n) is 14.8. The van der Waals surface area contributed by atoms with Crippen LogP contribution < -0.4 is 14.4 Å². The Hall–Kier alpha value is -3.18. The van der Waals surface area contributed by atoms with Gasteiger partial charge in [0.1, 0.15) is 11.9 Å². The van der Waals surface area contributed by atoms with Gasteiger partial charge in [-0.15, -0.1) is 15.3 Å². The minimum absolute atomic E-state index is 0.0347. The number of ether oxygens (including phenoxy) is 2. The van der Waals surface area contributed by atoms with Crippen molar-refractivity contribution in [3.05, 3.63) is 30.4 Å². The van der Waals surface area contributed by atoms with E-state index in [0.717, 1.165) is 12.8 Å². The van der Waals surface area contributed by atoms with Crippen molar-refractivity contribution in [2.75, 3.05) is 25.1 Å². The van der Waals surface area contributed by atoms with Crippen molar-refractivity contribution in [1.82, 2.24) is 29.8 Å². The second kappa shape index (κ2) is 7.09. The Balaban J connectivity index is 1.52. The monoisotopic (exact) mass is 395 g/mol. The number of anilines is 1. The molecule has 0 amide bonds. The number of piperidine rings is 1. The van der Waals surface area contributed by atoms with E-state index in [-0.39, 0.29) is 17.8 Å². The molecular weight excluding hydrogens is 379 g/mol. The van der Waals surface area contributed by atoms with Crippen molar-refractivity contribution in [1.29, 1.82) is 0 Å². The Morgan fingerprint density at radius 1 is 1.14 bits per heavy atom. The van der Waals surface area contributed by atoms with Gasteiger partial charge in [0, 0.05) is 6.54 Å². The lowest BCUT2D eigenvalue weighted by Crippen LogP contribution is -2.42. The molecule has 0 bridgehead atoms. The standard InChI is InChI=1S/C16H16F3N7O2/c1-27-11-7-20-15(21-8-11)28-10-3-2-6-25(9-10)13-5-4-12-22-23-14(16(17,18)19)26(12)24-13/h4-5,7-8,10H,2-3,6,9H2,1H3. The Morgan fingerprint density at radius 2 is 1.93 bits per heavy atom. The summed E-state index contributed by atoms with van der Waals surface area (Å²) in [4.78, 5) is 10.0. The molecule has 12 heteroatoms. The van der Waals surface area contributed by atoms with Crippen LogP contribution >= 0.6 is 0 Å². The largest absolute Gasteiger partial charge is 0.494 e. The van der Waals surface area contributed by atoms with Gasteiger partial charge >= 0.3 is 12.2 Å². The van der Waals surface area contributed by atoms with Gasteiger partial charge in [0.05, 0.1) is 26.0 Å². The first-order chi connectivity index (χ1) is 13.4. The lowest BCUT2D eigenvalue weighted by atomic mass is 10.1. The second-order valence-electron chi connectivity index (χ2n) is 6.22. The van der Waals surface area contributed by atoms with Crippen LogP contribution in [-0.2, 0) is 6.18 Å². The lowest BCUT2D eigenvalue weighted by Gasteiger charge is -2.33. The van der Waals surface area contributed by atoms with Crippen LogP contribution in [0.2, 0.25) is 0 Å². The first kappa shape index (κ1) is 18.2. The van der Waals surface area contributed by atoms with Gasteiger partial charge in [-0.25, -0.2) is 0 Å². The molecule has 0 aliphatic carbocycles. The highest BCUT2D eigenvalue weighted by molar-refractivity contribution is 5.46. The van der Waals surface area contributed by atoms with Gasteiger partial charge in [0.15, 0.2) is 11.4 Å². The van der Waals surface area contributed by atoms with Gasteiger partial charge < -0.3 is 14.4 Å². The molecule has 1 fully saturated rings. The summed E-state index contributed by atoms with van der Waals surface area (Å²) in [7, 11) is 1.52. The second-order valence-corrected chi connectivity index (χ2v) is 6.22. The molecule has 1 unspecified atom stereocenters. The van der Waals surface area contributed by atoms with E-state index < -0.39 is 12.0 Å². The highest BCUT2D eigenvalue weighted by Crippen LogP contribution is 2.28. The summed E-state index contributed by atoms with van der Waals surface area (Å²) in [5, 5.41) is 10.8. The molecule has 0 aromatic carbocycles. The molecule has 3 aromatic heterocycles. The van der Waals surface area contributed by atoms with Crippen molar-refractivity contribution in [2.24, 2.45) is 0 Å². The average Bonchev–Trinajstić information content (AvgIpc) is 3.12. The summed E-state index contributed by atoms with van der Waals surface area (Å²) >= 11 is 0. The molecule has 0 spiro atoms. The predicted octanol–water partition coefficient (Wildman–Crippen LogP) is 1.99. The molecular formula is C16H16F3N7O2. The number of fused-ring (bicyclic) bond motifs is 1. The van der Waals surface area contributed by atoms with Gasteiger partial charge in [0.2, 0.25) is 0 Å². The maximum absolute atomic E-state index is 13.1. The van der Waals surface area contributed by atoms with Crippen molar-refractivity contribution in [2.45, 2.75) is 25.1 Å². The van der Waals surface area contributed by atoms with E-state index in [2.05, 4.69) is 25.3 Å². The summed E-state index contributed by atoms with van der Waals surface area (Å²) < 4.78 is 50.7. The first-order valence-electron chi connectivity index (χ1n) is 8.51. The molecule has 9 nitrogen and oxygen atoms in total. The average molecular weight is 395 g/mol. The van der Waals surface area contributed by atoms with Crippen LogP contribution in [0.15, 0.2) is 24.5 Å². The van der Waals surface area contributed by atoms with Crippen molar-refractivity contribution < 1.29 is 22.6 Å². The summed E-state index contributed by atoms with van der Waals surface area (Å²) in [5.41, 5.74) is 0.0347. The molecule has 1 atom stereocenters. The lowest BCUT2D eigenvalue weighted by molar-refractivity contribution is -0.146. The quantitative estimate of drug-likeness (QED) is 0.663. The van der Waals surface area contributed by atoms with Crippen LogP contribution in [0.3, 0.4) is 0 Å². The number of rotatable bonds is 4. The Kier molecular flexibility index (Phi) is 4.61. The van der Waals surface area contributed by atoms with Gasteiger partial charge in [-0.3, -0.25) is 0 Å². The van der Waals surface area contributed by atoms with E-state index in [1.807, 2.05) is 4.90 Å². The Bertz CT molecular complexity index is 961. The number of nitrogens with zero attached hydrogens (tertiary/aromatic N) is 7. The minimum Gasteiger partial charge on any atom is -0.494 e. The van der Waals surface area contributed by atoms with Crippen LogP contribution in [0.4, 0.5) is 19.0 Å². The van der Waals surface area contributed by atoms with Crippen molar-refractivity contribution in [3.63, 3.8) is 0 Å². The molecule has 1 saturated heterocycles. The predicted molar refractivity (Wildman–Crippen MR) is 90.2 cm³/mol. The Labute approximate surface area is 157 Å². The summed E-state index contributed by atoms with van der Waals surface area (Å²) in [6.45, 7) is 1.09. The van der Waals surface area contributed by atoms with Gasteiger partial charge in [-0.05, 0) is 25.0 Å². The fourth-order valence-corrected chi connectivity index (χ4v) is 2.99. The molecule has 1 aliphatic rings. The maximum atomic E-state index is 13.1. The third-order valence-electron chi connectivity index (χ3n) is 4.32. The zero-order valence-corrected chi connectivity index (χ0v) is 14.8.